The van der Waals surface area contributed by atoms with E-state index in [2.05, 4.69) is 0 Å². The van der Waals surface area contributed by atoms with Crippen molar-refractivity contribution < 1.29 is 18.6 Å². The van der Waals surface area contributed by atoms with E-state index in [4.69, 9.17) is 0 Å². The molecule has 0 aromatic heterocycles. The molecule has 0 spiro atoms. The van der Waals surface area contributed by atoms with Gasteiger partial charge in [-0.2, -0.15) is 0 Å². The average molecular weight is 278 g/mol. The van der Waals surface area contributed by atoms with Gasteiger partial charge in [0.1, 0.15) is 11.5 Å². The Balaban J connectivity index is 2.69. The summed E-state index contributed by atoms with van der Waals surface area (Å²) < 4.78 is 25.0. The second-order valence-corrected chi connectivity index (χ2v) is 6.30. The van der Waals surface area contributed by atoms with Gasteiger partial charge in [0.15, 0.2) is 0 Å². The molecule has 0 saturated heterocycles. The summed E-state index contributed by atoms with van der Waals surface area (Å²) in [6.07, 6.45) is 0. The van der Waals surface area contributed by atoms with E-state index in [-0.39, 0.29) is 21.3 Å². The Morgan fingerprint density at radius 3 is 2.11 bits per heavy atom. The van der Waals surface area contributed by atoms with Crippen molar-refractivity contribution in [3.05, 3.63) is 47.5 Å². The van der Waals surface area contributed by atoms with E-state index in [9.17, 15) is 18.6 Å². The van der Waals surface area contributed by atoms with Crippen molar-refractivity contribution in [1.82, 2.24) is 0 Å². The lowest BCUT2D eigenvalue weighted by Gasteiger charge is -2.10. The molecule has 0 aliphatic carbocycles. The molecule has 2 aromatic rings. The van der Waals surface area contributed by atoms with E-state index in [0.717, 1.165) is 23.8 Å². The van der Waals surface area contributed by atoms with E-state index in [1.54, 1.807) is 13.0 Å². The molecule has 0 fully saturated rings. The van der Waals surface area contributed by atoms with Crippen LogP contribution in [0.15, 0.2) is 46.2 Å². The van der Waals surface area contributed by atoms with Crippen LogP contribution in [0.2, 0.25) is 0 Å². The van der Waals surface area contributed by atoms with Crippen LogP contribution in [0.1, 0.15) is 11.1 Å². The van der Waals surface area contributed by atoms with Gasteiger partial charge in [-0.05, 0) is 43.2 Å². The molecule has 0 heterocycles. The number of benzene rings is 2. The first-order valence-corrected chi connectivity index (χ1v) is 7.15. The number of phenols is 2. The monoisotopic (exact) mass is 278 g/mol. The second-order valence-electron chi connectivity index (χ2n) is 4.39. The van der Waals surface area contributed by atoms with Gasteiger partial charge in [-0.1, -0.05) is 12.1 Å². The molecule has 5 heteroatoms. The fourth-order valence-corrected chi connectivity index (χ4v) is 3.49. The Kier molecular flexibility index (Phi) is 3.24. The van der Waals surface area contributed by atoms with Crippen LogP contribution in [0, 0.1) is 13.8 Å². The van der Waals surface area contributed by atoms with Crippen molar-refractivity contribution in [3.8, 4) is 11.5 Å². The molecular weight excluding hydrogens is 264 g/mol. The van der Waals surface area contributed by atoms with Gasteiger partial charge in [-0.3, -0.25) is 0 Å². The molecule has 0 aliphatic rings. The van der Waals surface area contributed by atoms with Crippen LogP contribution in [0.5, 0.6) is 11.5 Å². The zero-order chi connectivity index (χ0) is 14.2. The number of hydrogen-bond donors (Lipinski definition) is 2. The van der Waals surface area contributed by atoms with Crippen molar-refractivity contribution in [2.24, 2.45) is 0 Å². The van der Waals surface area contributed by atoms with Crippen LogP contribution in [0.3, 0.4) is 0 Å². The second kappa shape index (κ2) is 4.59. The van der Waals surface area contributed by atoms with Gasteiger partial charge >= 0.3 is 0 Å². The lowest BCUT2D eigenvalue weighted by atomic mass is 10.1. The zero-order valence-corrected chi connectivity index (χ0v) is 11.4. The van der Waals surface area contributed by atoms with E-state index in [1.807, 2.05) is 13.0 Å². The number of aromatic hydroxyl groups is 2. The normalized spacial score (nSPS) is 11.5. The van der Waals surface area contributed by atoms with E-state index in [1.165, 1.54) is 6.07 Å². The minimum Gasteiger partial charge on any atom is -0.508 e. The maximum absolute atomic E-state index is 12.5. The van der Waals surface area contributed by atoms with Crippen molar-refractivity contribution in [2.75, 3.05) is 0 Å². The van der Waals surface area contributed by atoms with Gasteiger partial charge < -0.3 is 10.2 Å². The summed E-state index contributed by atoms with van der Waals surface area (Å²) in [5, 5.41) is 18.8. The molecule has 0 amide bonds. The quantitative estimate of drug-likeness (QED) is 0.885. The highest BCUT2D eigenvalue weighted by Crippen LogP contribution is 2.30. The summed E-state index contributed by atoms with van der Waals surface area (Å²) in [7, 11) is -3.76. The Hall–Kier alpha value is -2.01. The van der Waals surface area contributed by atoms with Crippen molar-refractivity contribution in [1.29, 1.82) is 0 Å². The Labute approximate surface area is 111 Å². The minimum atomic E-state index is -3.76. The molecule has 100 valence electrons. The molecule has 4 nitrogen and oxygen atoms in total. The first-order valence-electron chi connectivity index (χ1n) is 5.66. The molecular formula is C14H14O4S. The van der Waals surface area contributed by atoms with E-state index >= 15 is 0 Å². The van der Waals surface area contributed by atoms with Crippen molar-refractivity contribution >= 4 is 9.84 Å². The van der Waals surface area contributed by atoms with Crippen LogP contribution < -0.4 is 0 Å². The lowest BCUT2D eigenvalue weighted by Crippen LogP contribution is -2.05. The summed E-state index contributed by atoms with van der Waals surface area (Å²) in [4.78, 5) is 0.0520. The molecule has 0 radical (unpaired) electrons. The molecule has 2 aromatic carbocycles. The predicted octanol–water partition coefficient (Wildman–Crippen LogP) is 2.55. The number of phenolic OH excluding ortho intramolecular Hbond substituents is 2. The fraction of sp³-hybridized carbons (Fsp3) is 0.143. The van der Waals surface area contributed by atoms with Crippen molar-refractivity contribution in [2.45, 2.75) is 23.6 Å². The third kappa shape index (κ3) is 2.42. The van der Waals surface area contributed by atoms with Crippen LogP contribution >= 0.6 is 0 Å². The van der Waals surface area contributed by atoms with Gasteiger partial charge in [0, 0.05) is 6.07 Å². The predicted molar refractivity (Wildman–Crippen MR) is 71.1 cm³/mol. The first-order chi connectivity index (χ1) is 8.82. The van der Waals surface area contributed by atoms with Gasteiger partial charge in [-0.15, -0.1) is 0 Å². The maximum Gasteiger partial charge on any atom is 0.207 e. The maximum atomic E-state index is 12.5. The van der Waals surface area contributed by atoms with Crippen LogP contribution in [0.25, 0.3) is 0 Å². The number of rotatable bonds is 2. The number of hydrogen-bond acceptors (Lipinski definition) is 4. The highest BCUT2D eigenvalue weighted by Gasteiger charge is 2.21. The van der Waals surface area contributed by atoms with Gasteiger partial charge in [-0.25, -0.2) is 8.42 Å². The molecule has 2 rings (SSSR count). The molecule has 0 bridgehead atoms. The molecule has 0 unspecified atom stereocenters. The SMILES string of the molecule is Cc1cccc(S(=O)(=O)c2cc(O)cc(O)c2)c1C. The Morgan fingerprint density at radius 1 is 0.947 bits per heavy atom. The van der Waals surface area contributed by atoms with E-state index < -0.39 is 9.84 Å². The number of sulfone groups is 1. The summed E-state index contributed by atoms with van der Waals surface area (Å²) in [5.41, 5.74) is 1.52. The third-order valence-corrected chi connectivity index (χ3v) is 4.91. The smallest absolute Gasteiger partial charge is 0.207 e. The molecule has 0 atom stereocenters. The minimum absolute atomic E-state index is 0.126. The Bertz CT molecular complexity index is 713. The first kappa shape index (κ1) is 13.4. The van der Waals surface area contributed by atoms with E-state index in [0.29, 0.717) is 5.56 Å². The molecule has 0 aliphatic heterocycles. The summed E-state index contributed by atoms with van der Waals surface area (Å²) >= 11 is 0. The standard InChI is InChI=1S/C14H14O4S/c1-9-4-3-5-14(10(9)2)19(17,18)13-7-11(15)6-12(16)8-13/h3-8,15-16H,1-2H3. The van der Waals surface area contributed by atoms with Crippen LogP contribution in [0.4, 0.5) is 0 Å². The molecule has 19 heavy (non-hydrogen) atoms. The van der Waals surface area contributed by atoms with Gasteiger partial charge in [0.2, 0.25) is 9.84 Å². The average Bonchev–Trinajstić information content (AvgIpc) is 2.31. The highest BCUT2D eigenvalue weighted by molar-refractivity contribution is 7.91. The van der Waals surface area contributed by atoms with Crippen LogP contribution in [-0.4, -0.2) is 18.6 Å². The summed E-state index contributed by atoms with van der Waals surface area (Å²) in [6, 6.07) is 8.33. The lowest BCUT2D eigenvalue weighted by molar-refractivity contribution is 0.447. The Morgan fingerprint density at radius 2 is 1.53 bits per heavy atom. The molecule has 2 N–H and O–H groups in total. The fourth-order valence-electron chi connectivity index (χ4n) is 1.87. The molecule has 0 saturated carbocycles. The third-order valence-electron chi connectivity index (χ3n) is 3.03. The largest absolute Gasteiger partial charge is 0.508 e. The highest BCUT2D eigenvalue weighted by atomic mass is 32.2. The van der Waals surface area contributed by atoms with Gasteiger partial charge in [0.25, 0.3) is 0 Å². The van der Waals surface area contributed by atoms with Gasteiger partial charge in [0.05, 0.1) is 9.79 Å². The summed E-state index contributed by atoms with van der Waals surface area (Å²) in [5.74, 6) is -0.576. The van der Waals surface area contributed by atoms with Crippen molar-refractivity contribution in [3.63, 3.8) is 0 Å². The van der Waals surface area contributed by atoms with Crippen LogP contribution in [-0.2, 0) is 9.84 Å². The summed E-state index contributed by atoms with van der Waals surface area (Å²) in [6.45, 7) is 3.55. The zero-order valence-electron chi connectivity index (χ0n) is 10.6. The topological polar surface area (TPSA) is 74.6 Å². The number of aryl methyl sites for hydroxylation is 1.